The lowest BCUT2D eigenvalue weighted by Crippen LogP contribution is -2.15. The molecule has 0 saturated carbocycles. The molecule has 0 aliphatic carbocycles. The van der Waals surface area contributed by atoms with E-state index in [0.29, 0.717) is 17.0 Å². The summed E-state index contributed by atoms with van der Waals surface area (Å²) < 4.78 is 5.82. The number of anilines is 1. The Hall–Kier alpha value is -3.67. The smallest absolute Gasteiger partial charge is 0.273 e. The van der Waals surface area contributed by atoms with Crippen LogP contribution in [-0.2, 0) is 11.2 Å². The van der Waals surface area contributed by atoms with E-state index in [1.54, 1.807) is 42.5 Å². The zero-order valence-corrected chi connectivity index (χ0v) is 14.7. The maximum atomic E-state index is 12.2. The van der Waals surface area contributed by atoms with Crippen molar-refractivity contribution >= 4 is 17.3 Å². The largest absolute Gasteiger partial charge is 0.457 e. The zero-order chi connectivity index (χ0) is 19.2. The van der Waals surface area contributed by atoms with Gasteiger partial charge in [-0.3, -0.25) is 14.9 Å². The molecule has 0 atom stereocenters. The molecule has 27 heavy (non-hydrogen) atoms. The molecule has 0 bridgehead atoms. The van der Waals surface area contributed by atoms with Crippen molar-refractivity contribution in [2.24, 2.45) is 0 Å². The highest BCUT2D eigenvalue weighted by Crippen LogP contribution is 2.26. The minimum absolute atomic E-state index is 0.0605. The van der Waals surface area contributed by atoms with Gasteiger partial charge in [0.05, 0.1) is 11.3 Å². The Balaban J connectivity index is 1.64. The molecule has 0 fully saturated rings. The maximum Gasteiger partial charge on any atom is 0.273 e. The predicted molar refractivity (Wildman–Crippen MR) is 103 cm³/mol. The highest BCUT2D eigenvalue weighted by atomic mass is 16.6. The number of hydrogen-bond donors (Lipinski definition) is 1. The van der Waals surface area contributed by atoms with E-state index in [-0.39, 0.29) is 18.0 Å². The standard InChI is InChI=1S/C21H18N2O4/c1-15-6-2-5-9-20(15)27-18-12-10-17(11-13-18)22-21(24)14-16-7-3-4-8-19(16)23(25)26/h2-13H,14H2,1H3,(H,22,24). The molecule has 0 radical (unpaired) electrons. The molecule has 0 aliphatic heterocycles. The molecule has 6 heteroatoms. The molecule has 1 amide bonds. The number of nitrogens with one attached hydrogen (secondary N) is 1. The summed E-state index contributed by atoms with van der Waals surface area (Å²) >= 11 is 0. The number of aryl methyl sites for hydroxylation is 1. The molecule has 6 nitrogen and oxygen atoms in total. The van der Waals surface area contributed by atoms with Crippen LogP contribution >= 0.6 is 0 Å². The van der Waals surface area contributed by atoms with E-state index in [2.05, 4.69) is 5.32 Å². The number of nitrogens with zero attached hydrogens (tertiary/aromatic N) is 1. The van der Waals surface area contributed by atoms with Crippen LogP contribution < -0.4 is 10.1 Å². The van der Waals surface area contributed by atoms with Gasteiger partial charge in [-0.15, -0.1) is 0 Å². The lowest BCUT2D eigenvalue weighted by Gasteiger charge is -2.10. The van der Waals surface area contributed by atoms with Crippen LogP contribution in [0.25, 0.3) is 0 Å². The summed E-state index contributed by atoms with van der Waals surface area (Å²) in [5.41, 5.74) is 1.93. The molecule has 1 N–H and O–H groups in total. The first kappa shape index (κ1) is 18.1. The third-order valence-corrected chi connectivity index (χ3v) is 4.00. The Kier molecular flexibility index (Phi) is 5.47. The minimum atomic E-state index is -0.486. The molecule has 0 spiro atoms. The molecular formula is C21H18N2O4. The van der Waals surface area contributed by atoms with E-state index >= 15 is 0 Å². The van der Waals surface area contributed by atoms with Crippen LogP contribution in [0.3, 0.4) is 0 Å². The van der Waals surface area contributed by atoms with Crippen LogP contribution in [0, 0.1) is 17.0 Å². The van der Waals surface area contributed by atoms with Gasteiger partial charge in [0.1, 0.15) is 11.5 Å². The van der Waals surface area contributed by atoms with E-state index in [1.807, 2.05) is 31.2 Å². The first-order chi connectivity index (χ1) is 13.0. The summed E-state index contributed by atoms with van der Waals surface area (Å²) in [7, 11) is 0. The second-order valence-corrected chi connectivity index (χ2v) is 6.00. The summed E-state index contributed by atoms with van der Waals surface area (Å²) in [6, 6.07) is 20.9. The van der Waals surface area contributed by atoms with Gasteiger partial charge >= 0.3 is 0 Å². The van der Waals surface area contributed by atoms with Gasteiger partial charge in [-0.05, 0) is 42.8 Å². The molecule has 3 rings (SSSR count). The van der Waals surface area contributed by atoms with Crippen molar-refractivity contribution in [3.63, 3.8) is 0 Å². The van der Waals surface area contributed by atoms with Gasteiger partial charge < -0.3 is 10.1 Å². The summed E-state index contributed by atoms with van der Waals surface area (Å²) in [6.45, 7) is 1.96. The van der Waals surface area contributed by atoms with Gasteiger partial charge in [0, 0.05) is 17.3 Å². The molecule has 136 valence electrons. The summed E-state index contributed by atoms with van der Waals surface area (Å²) in [5, 5.41) is 13.8. The van der Waals surface area contributed by atoms with Crippen LogP contribution in [0.1, 0.15) is 11.1 Å². The van der Waals surface area contributed by atoms with Crippen molar-refractivity contribution in [2.75, 3.05) is 5.32 Å². The zero-order valence-electron chi connectivity index (χ0n) is 14.7. The average Bonchev–Trinajstić information content (AvgIpc) is 2.65. The van der Waals surface area contributed by atoms with Gasteiger partial charge in [-0.25, -0.2) is 0 Å². The fourth-order valence-corrected chi connectivity index (χ4v) is 2.62. The number of nitro groups is 1. The number of amides is 1. The number of rotatable bonds is 6. The lowest BCUT2D eigenvalue weighted by atomic mass is 10.1. The first-order valence-corrected chi connectivity index (χ1v) is 8.38. The van der Waals surface area contributed by atoms with Crippen molar-refractivity contribution in [1.82, 2.24) is 0 Å². The monoisotopic (exact) mass is 362 g/mol. The molecule has 0 heterocycles. The van der Waals surface area contributed by atoms with Crippen molar-refractivity contribution in [3.05, 3.63) is 94.0 Å². The van der Waals surface area contributed by atoms with E-state index < -0.39 is 4.92 Å². The second kappa shape index (κ2) is 8.14. The predicted octanol–water partition coefficient (Wildman–Crippen LogP) is 4.88. The highest BCUT2D eigenvalue weighted by molar-refractivity contribution is 5.92. The first-order valence-electron chi connectivity index (χ1n) is 8.38. The van der Waals surface area contributed by atoms with Gasteiger partial charge in [-0.2, -0.15) is 0 Å². The van der Waals surface area contributed by atoms with Crippen LogP contribution in [-0.4, -0.2) is 10.8 Å². The third-order valence-electron chi connectivity index (χ3n) is 4.00. The van der Waals surface area contributed by atoms with Gasteiger partial charge in [0.15, 0.2) is 0 Å². The van der Waals surface area contributed by atoms with Gasteiger partial charge in [0.25, 0.3) is 5.69 Å². The van der Waals surface area contributed by atoms with E-state index in [9.17, 15) is 14.9 Å². The highest BCUT2D eigenvalue weighted by Gasteiger charge is 2.15. The van der Waals surface area contributed by atoms with Crippen molar-refractivity contribution in [1.29, 1.82) is 0 Å². The van der Waals surface area contributed by atoms with Crippen LogP contribution in [0.5, 0.6) is 11.5 Å². The SMILES string of the molecule is Cc1ccccc1Oc1ccc(NC(=O)Cc2ccccc2[N+](=O)[O-])cc1. The van der Waals surface area contributed by atoms with E-state index in [4.69, 9.17) is 4.74 Å². The van der Waals surface area contributed by atoms with Crippen molar-refractivity contribution < 1.29 is 14.5 Å². The van der Waals surface area contributed by atoms with Crippen LogP contribution in [0.15, 0.2) is 72.8 Å². The summed E-state index contributed by atoms with van der Waals surface area (Å²) in [6.07, 6.45) is -0.0708. The number of carbonyl (C=O) groups excluding carboxylic acids is 1. The number of ether oxygens (including phenoxy) is 1. The number of para-hydroxylation sites is 2. The third kappa shape index (κ3) is 4.70. The molecule has 0 aliphatic rings. The van der Waals surface area contributed by atoms with Crippen LogP contribution in [0.4, 0.5) is 11.4 Å². The van der Waals surface area contributed by atoms with E-state index in [1.165, 1.54) is 6.07 Å². The Bertz CT molecular complexity index is 968. The van der Waals surface area contributed by atoms with E-state index in [0.717, 1.165) is 11.3 Å². The Morgan fingerprint density at radius 3 is 2.37 bits per heavy atom. The topological polar surface area (TPSA) is 81.5 Å². The normalized spacial score (nSPS) is 10.3. The molecular weight excluding hydrogens is 344 g/mol. The van der Waals surface area contributed by atoms with Gasteiger partial charge in [-0.1, -0.05) is 36.4 Å². The Morgan fingerprint density at radius 2 is 1.67 bits per heavy atom. The fraction of sp³-hybridized carbons (Fsp3) is 0.0952. The molecule has 3 aromatic carbocycles. The lowest BCUT2D eigenvalue weighted by molar-refractivity contribution is -0.385. The quantitative estimate of drug-likeness (QED) is 0.501. The number of benzene rings is 3. The Labute approximate surface area is 156 Å². The van der Waals surface area contributed by atoms with Crippen molar-refractivity contribution in [3.8, 4) is 11.5 Å². The Morgan fingerprint density at radius 1 is 1.00 bits per heavy atom. The van der Waals surface area contributed by atoms with Crippen LogP contribution in [0.2, 0.25) is 0 Å². The number of hydrogen-bond acceptors (Lipinski definition) is 4. The molecule has 0 aromatic heterocycles. The average molecular weight is 362 g/mol. The minimum Gasteiger partial charge on any atom is -0.457 e. The maximum absolute atomic E-state index is 12.2. The van der Waals surface area contributed by atoms with Crippen molar-refractivity contribution in [2.45, 2.75) is 13.3 Å². The summed E-state index contributed by atoms with van der Waals surface area (Å²) in [5.74, 6) is 1.10. The fourth-order valence-electron chi connectivity index (χ4n) is 2.62. The molecule has 0 saturated heterocycles. The molecule has 3 aromatic rings. The van der Waals surface area contributed by atoms with Gasteiger partial charge in [0.2, 0.25) is 5.91 Å². The number of nitro benzene ring substituents is 1. The number of carbonyl (C=O) groups is 1. The summed E-state index contributed by atoms with van der Waals surface area (Å²) in [4.78, 5) is 22.8. The second-order valence-electron chi connectivity index (χ2n) is 6.00. The molecule has 0 unspecified atom stereocenters.